The Hall–Kier alpha value is -2.60. The summed E-state index contributed by atoms with van der Waals surface area (Å²) in [6.07, 6.45) is 1.56. The zero-order valence-electron chi connectivity index (χ0n) is 16.1. The number of fused-ring (bicyclic) bond motifs is 2. The van der Waals surface area contributed by atoms with Gasteiger partial charge in [0.1, 0.15) is 0 Å². The van der Waals surface area contributed by atoms with E-state index in [4.69, 9.17) is 4.98 Å². The molecule has 1 aliphatic heterocycles. The van der Waals surface area contributed by atoms with Crippen molar-refractivity contribution >= 4 is 34.3 Å². The molecule has 5 nitrogen and oxygen atoms in total. The molecule has 0 radical (unpaired) electrons. The molecular formula is C22H23N3O2S. The van der Waals surface area contributed by atoms with Crippen molar-refractivity contribution in [2.75, 3.05) is 11.4 Å². The van der Waals surface area contributed by atoms with Gasteiger partial charge in [-0.05, 0) is 43.5 Å². The Bertz CT molecular complexity index is 1090. The van der Waals surface area contributed by atoms with Crippen molar-refractivity contribution in [3.8, 4) is 0 Å². The van der Waals surface area contributed by atoms with Gasteiger partial charge in [-0.1, -0.05) is 49.0 Å². The minimum atomic E-state index is -0.281. The number of amides is 1. The average molecular weight is 394 g/mol. The van der Waals surface area contributed by atoms with E-state index in [-0.39, 0.29) is 16.7 Å². The van der Waals surface area contributed by atoms with Crippen molar-refractivity contribution in [1.29, 1.82) is 0 Å². The molecule has 0 aliphatic carbocycles. The molecule has 6 heteroatoms. The first kappa shape index (κ1) is 18.7. The zero-order valence-corrected chi connectivity index (χ0v) is 16.9. The zero-order chi connectivity index (χ0) is 19.7. The first-order valence-corrected chi connectivity index (χ1v) is 10.6. The van der Waals surface area contributed by atoms with Crippen molar-refractivity contribution in [2.24, 2.45) is 0 Å². The van der Waals surface area contributed by atoms with Crippen LogP contribution in [0.5, 0.6) is 0 Å². The monoisotopic (exact) mass is 393 g/mol. The predicted molar refractivity (Wildman–Crippen MR) is 114 cm³/mol. The Balaban J connectivity index is 1.67. The number of anilines is 1. The van der Waals surface area contributed by atoms with Crippen LogP contribution in [0.2, 0.25) is 0 Å². The maximum absolute atomic E-state index is 13.3. The summed E-state index contributed by atoms with van der Waals surface area (Å²) in [6, 6.07) is 15.4. The summed E-state index contributed by atoms with van der Waals surface area (Å²) in [5, 5.41) is 0.942. The molecule has 0 spiro atoms. The lowest BCUT2D eigenvalue weighted by Gasteiger charge is -2.23. The number of benzene rings is 2. The van der Waals surface area contributed by atoms with Gasteiger partial charge in [-0.2, -0.15) is 0 Å². The second kappa shape index (κ2) is 7.80. The Labute approximate surface area is 168 Å². The van der Waals surface area contributed by atoms with Crippen LogP contribution in [0.15, 0.2) is 58.5 Å². The van der Waals surface area contributed by atoms with Gasteiger partial charge in [-0.25, -0.2) is 4.98 Å². The SMILES string of the molecule is CCC(Sc1nc2ccccc2c(=O)n1CC)C(=O)N1CCc2ccccc21. The van der Waals surface area contributed by atoms with Gasteiger partial charge >= 0.3 is 0 Å². The van der Waals surface area contributed by atoms with Crippen molar-refractivity contribution in [3.05, 3.63) is 64.4 Å². The van der Waals surface area contributed by atoms with E-state index in [2.05, 4.69) is 6.07 Å². The first-order chi connectivity index (χ1) is 13.6. The van der Waals surface area contributed by atoms with Crippen molar-refractivity contribution in [3.63, 3.8) is 0 Å². The van der Waals surface area contributed by atoms with E-state index in [1.54, 1.807) is 10.6 Å². The molecular weight excluding hydrogens is 370 g/mol. The van der Waals surface area contributed by atoms with Crippen molar-refractivity contribution < 1.29 is 4.79 Å². The van der Waals surface area contributed by atoms with Gasteiger partial charge in [0.15, 0.2) is 5.16 Å². The van der Waals surface area contributed by atoms with E-state index < -0.39 is 0 Å². The number of hydrogen-bond donors (Lipinski definition) is 0. The van der Waals surface area contributed by atoms with Crippen molar-refractivity contribution in [1.82, 2.24) is 9.55 Å². The van der Waals surface area contributed by atoms with E-state index >= 15 is 0 Å². The van der Waals surface area contributed by atoms with Gasteiger partial charge in [0.25, 0.3) is 5.56 Å². The molecule has 1 atom stereocenters. The Kier molecular flexibility index (Phi) is 5.22. The van der Waals surface area contributed by atoms with Gasteiger partial charge in [-0.3, -0.25) is 14.2 Å². The molecule has 0 bridgehead atoms. The summed E-state index contributed by atoms with van der Waals surface area (Å²) in [6.45, 7) is 5.17. The number of carbonyl (C=O) groups excluding carboxylic acids is 1. The largest absolute Gasteiger partial charge is 0.311 e. The molecule has 0 saturated carbocycles. The van der Waals surface area contributed by atoms with Gasteiger partial charge in [0, 0.05) is 18.8 Å². The van der Waals surface area contributed by atoms with E-state index in [9.17, 15) is 9.59 Å². The molecule has 2 heterocycles. The van der Waals surface area contributed by atoms with E-state index in [1.807, 2.05) is 55.1 Å². The van der Waals surface area contributed by atoms with E-state index in [0.717, 1.165) is 12.1 Å². The summed E-state index contributed by atoms with van der Waals surface area (Å²) in [5.41, 5.74) is 2.84. The summed E-state index contributed by atoms with van der Waals surface area (Å²) in [4.78, 5) is 32.7. The minimum absolute atomic E-state index is 0.0515. The van der Waals surface area contributed by atoms with Crippen LogP contribution < -0.4 is 10.5 Å². The van der Waals surface area contributed by atoms with Crippen LogP contribution in [-0.2, 0) is 17.8 Å². The third kappa shape index (κ3) is 3.22. The number of hydrogen-bond acceptors (Lipinski definition) is 4. The van der Waals surface area contributed by atoms with Crippen LogP contribution in [0, 0.1) is 0 Å². The third-order valence-corrected chi connectivity index (χ3v) is 6.53. The second-order valence-electron chi connectivity index (χ2n) is 6.84. The third-order valence-electron chi connectivity index (χ3n) is 5.19. The second-order valence-corrected chi connectivity index (χ2v) is 8.01. The van der Waals surface area contributed by atoms with Crippen LogP contribution in [0.3, 0.4) is 0 Å². The lowest BCUT2D eigenvalue weighted by atomic mass is 10.2. The highest BCUT2D eigenvalue weighted by molar-refractivity contribution is 8.00. The molecule has 1 aliphatic rings. The molecule has 1 aromatic heterocycles. The summed E-state index contributed by atoms with van der Waals surface area (Å²) >= 11 is 1.40. The topological polar surface area (TPSA) is 55.2 Å². The standard InChI is InChI=1S/C22H23N3O2S/c1-3-19(21(27)25-14-13-15-9-5-8-12-18(15)25)28-22-23-17-11-7-6-10-16(17)20(26)24(22)4-2/h5-12,19H,3-4,13-14H2,1-2H3. The van der Waals surface area contributed by atoms with Gasteiger partial charge < -0.3 is 4.90 Å². The molecule has 4 rings (SSSR count). The summed E-state index contributed by atoms with van der Waals surface area (Å²) in [7, 11) is 0. The number of nitrogens with zero attached hydrogens (tertiary/aromatic N) is 3. The molecule has 0 fully saturated rings. The maximum Gasteiger partial charge on any atom is 0.262 e. The number of rotatable bonds is 5. The quantitative estimate of drug-likeness (QED) is 0.488. The van der Waals surface area contributed by atoms with Crippen LogP contribution in [-0.4, -0.2) is 27.3 Å². The van der Waals surface area contributed by atoms with E-state index in [1.165, 1.54) is 17.3 Å². The van der Waals surface area contributed by atoms with Crippen LogP contribution in [0.25, 0.3) is 10.9 Å². The Morgan fingerprint density at radius 2 is 1.89 bits per heavy atom. The number of thioether (sulfide) groups is 1. The minimum Gasteiger partial charge on any atom is -0.311 e. The van der Waals surface area contributed by atoms with Crippen molar-refractivity contribution in [2.45, 2.75) is 43.6 Å². The highest BCUT2D eigenvalue weighted by Crippen LogP contribution is 2.32. The highest BCUT2D eigenvalue weighted by Gasteiger charge is 2.30. The molecule has 1 amide bonds. The number of carbonyl (C=O) groups is 1. The number of aromatic nitrogens is 2. The molecule has 0 saturated heterocycles. The van der Waals surface area contributed by atoms with Crippen LogP contribution in [0.1, 0.15) is 25.8 Å². The Morgan fingerprint density at radius 3 is 2.68 bits per heavy atom. The molecule has 144 valence electrons. The lowest BCUT2D eigenvalue weighted by Crippen LogP contribution is -2.37. The molecule has 1 unspecified atom stereocenters. The Morgan fingerprint density at radius 1 is 1.14 bits per heavy atom. The molecule has 0 N–H and O–H groups in total. The number of para-hydroxylation sites is 2. The van der Waals surface area contributed by atoms with Gasteiger partial charge in [0.05, 0.1) is 16.2 Å². The lowest BCUT2D eigenvalue weighted by molar-refractivity contribution is -0.118. The maximum atomic E-state index is 13.3. The van der Waals surface area contributed by atoms with Crippen LogP contribution >= 0.6 is 11.8 Å². The smallest absolute Gasteiger partial charge is 0.262 e. The fourth-order valence-corrected chi connectivity index (χ4v) is 4.83. The fourth-order valence-electron chi connectivity index (χ4n) is 3.69. The summed E-state index contributed by atoms with van der Waals surface area (Å²) < 4.78 is 1.67. The summed E-state index contributed by atoms with van der Waals surface area (Å²) in [5.74, 6) is 0.0857. The van der Waals surface area contributed by atoms with Crippen LogP contribution in [0.4, 0.5) is 5.69 Å². The van der Waals surface area contributed by atoms with Gasteiger partial charge in [-0.15, -0.1) is 0 Å². The predicted octanol–water partition coefficient (Wildman–Crippen LogP) is 3.88. The van der Waals surface area contributed by atoms with Gasteiger partial charge in [0.2, 0.25) is 5.91 Å². The molecule has 28 heavy (non-hydrogen) atoms. The fraction of sp³-hybridized carbons (Fsp3) is 0.318. The first-order valence-electron chi connectivity index (χ1n) is 9.69. The molecule has 3 aromatic rings. The normalized spacial score (nSPS) is 14.3. The van der Waals surface area contributed by atoms with E-state index in [0.29, 0.717) is 35.6 Å². The average Bonchev–Trinajstić information content (AvgIpc) is 3.16. The molecule has 2 aromatic carbocycles. The highest BCUT2D eigenvalue weighted by atomic mass is 32.2.